The Morgan fingerprint density at radius 2 is 1.77 bits per heavy atom. The van der Waals surface area contributed by atoms with Crippen molar-refractivity contribution in [3.63, 3.8) is 0 Å². The lowest BCUT2D eigenvalue weighted by atomic mass is 10.1. The van der Waals surface area contributed by atoms with Gasteiger partial charge in [-0.2, -0.15) is 0 Å². The summed E-state index contributed by atoms with van der Waals surface area (Å²) in [5.41, 5.74) is 7.18. The number of hydrogen-bond donors (Lipinski definition) is 2. The molecule has 2 heterocycles. The highest BCUT2D eigenvalue weighted by molar-refractivity contribution is 5.90. The second-order valence-electron chi connectivity index (χ2n) is 7.90. The van der Waals surface area contributed by atoms with E-state index >= 15 is 0 Å². The highest BCUT2D eigenvalue weighted by Gasteiger charge is 2.13. The van der Waals surface area contributed by atoms with E-state index in [0.717, 1.165) is 28.2 Å². The number of aromatic nitrogens is 3. The van der Waals surface area contributed by atoms with Gasteiger partial charge in [0.1, 0.15) is 11.3 Å². The molecule has 6 heteroatoms. The lowest BCUT2D eigenvalue weighted by Gasteiger charge is -2.12. The molecule has 0 aliphatic rings. The number of anilines is 1. The van der Waals surface area contributed by atoms with Gasteiger partial charge in [-0.3, -0.25) is 0 Å². The van der Waals surface area contributed by atoms with E-state index in [4.69, 9.17) is 4.98 Å². The number of aryl methyl sites for hydroxylation is 3. The number of amides is 2. The van der Waals surface area contributed by atoms with Crippen LogP contribution in [0.4, 0.5) is 10.5 Å². The number of hydrogen-bond acceptors (Lipinski definition) is 3. The van der Waals surface area contributed by atoms with E-state index in [0.29, 0.717) is 19.5 Å². The standard InChI is InChI=1S/C25H27N5O/c1-17-6-9-20(10-7-17)16-30-23(28-22-5-4-13-26-24(22)30)12-14-27-25(31)29-21-11-8-18(2)15-19(21)3/h4-11,13,15H,12,14,16H2,1-3H3,(H2,27,29,31). The van der Waals surface area contributed by atoms with Gasteiger partial charge < -0.3 is 15.2 Å². The molecule has 2 N–H and O–H groups in total. The molecule has 0 bridgehead atoms. The first kappa shape index (κ1) is 20.6. The van der Waals surface area contributed by atoms with Gasteiger partial charge in [-0.1, -0.05) is 47.5 Å². The molecule has 0 aliphatic heterocycles. The first-order chi connectivity index (χ1) is 15.0. The first-order valence-corrected chi connectivity index (χ1v) is 10.5. The van der Waals surface area contributed by atoms with Crippen molar-refractivity contribution in [1.29, 1.82) is 0 Å². The number of pyridine rings is 1. The van der Waals surface area contributed by atoms with E-state index in [1.165, 1.54) is 16.7 Å². The summed E-state index contributed by atoms with van der Waals surface area (Å²) in [5.74, 6) is 0.904. The first-order valence-electron chi connectivity index (χ1n) is 10.5. The fourth-order valence-corrected chi connectivity index (χ4v) is 3.65. The van der Waals surface area contributed by atoms with Crippen molar-refractivity contribution in [2.24, 2.45) is 0 Å². The van der Waals surface area contributed by atoms with Crippen LogP contribution in [-0.2, 0) is 13.0 Å². The van der Waals surface area contributed by atoms with Crippen LogP contribution >= 0.6 is 0 Å². The van der Waals surface area contributed by atoms with Gasteiger partial charge in [0.05, 0.1) is 6.54 Å². The molecule has 0 atom stereocenters. The summed E-state index contributed by atoms with van der Waals surface area (Å²) in [6.07, 6.45) is 2.40. The van der Waals surface area contributed by atoms with Crippen molar-refractivity contribution in [1.82, 2.24) is 19.9 Å². The van der Waals surface area contributed by atoms with Gasteiger partial charge in [0.15, 0.2) is 5.65 Å². The third kappa shape index (κ3) is 4.91. The molecule has 31 heavy (non-hydrogen) atoms. The minimum atomic E-state index is -0.216. The molecule has 2 aromatic heterocycles. The quantitative estimate of drug-likeness (QED) is 0.478. The lowest BCUT2D eigenvalue weighted by Crippen LogP contribution is -2.31. The molecule has 0 fully saturated rings. The van der Waals surface area contributed by atoms with Gasteiger partial charge in [0.2, 0.25) is 0 Å². The Bertz CT molecular complexity index is 1210. The van der Waals surface area contributed by atoms with Crippen LogP contribution in [0.15, 0.2) is 60.8 Å². The van der Waals surface area contributed by atoms with Crippen molar-refractivity contribution in [3.05, 3.63) is 88.9 Å². The maximum atomic E-state index is 12.4. The topological polar surface area (TPSA) is 71.8 Å². The van der Waals surface area contributed by atoms with Gasteiger partial charge in [-0.25, -0.2) is 14.8 Å². The Balaban J connectivity index is 1.45. The summed E-state index contributed by atoms with van der Waals surface area (Å²) in [5, 5.41) is 5.86. The molecule has 4 rings (SSSR count). The lowest BCUT2D eigenvalue weighted by molar-refractivity contribution is 0.252. The molecular formula is C25H27N5O. The van der Waals surface area contributed by atoms with E-state index in [-0.39, 0.29) is 6.03 Å². The second-order valence-corrected chi connectivity index (χ2v) is 7.90. The van der Waals surface area contributed by atoms with Crippen LogP contribution in [0, 0.1) is 20.8 Å². The Morgan fingerprint density at radius 3 is 2.55 bits per heavy atom. The SMILES string of the molecule is Cc1ccc(Cn2c(CCNC(=O)Nc3ccc(C)cc3C)nc3cccnc32)cc1. The summed E-state index contributed by atoms with van der Waals surface area (Å²) in [6, 6.07) is 18.1. The number of carbonyl (C=O) groups is 1. The number of nitrogens with one attached hydrogen (secondary N) is 2. The minimum absolute atomic E-state index is 0.216. The Kier molecular flexibility index (Phi) is 5.98. The summed E-state index contributed by atoms with van der Waals surface area (Å²) in [4.78, 5) is 21.6. The zero-order valence-electron chi connectivity index (χ0n) is 18.1. The third-order valence-electron chi connectivity index (χ3n) is 5.31. The average molecular weight is 414 g/mol. The molecule has 2 aromatic carbocycles. The van der Waals surface area contributed by atoms with Gasteiger partial charge in [-0.15, -0.1) is 0 Å². The number of urea groups is 1. The molecule has 158 valence electrons. The molecular weight excluding hydrogens is 386 g/mol. The van der Waals surface area contributed by atoms with Crippen LogP contribution in [-0.4, -0.2) is 27.1 Å². The highest BCUT2D eigenvalue weighted by Crippen LogP contribution is 2.17. The summed E-state index contributed by atoms with van der Waals surface area (Å²) >= 11 is 0. The van der Waals surface area contributed by atoms with Crippen molar-refractivity contribution in [3.8, 4) is 0 Å². The predicted molar refractivity (Wildman–Crippen MR) is 124 cm³/mol. The fourth-order valence-electron chi connectivity index (χ4n) is 3.65. The summed E-state index contributed by atoms with van der Waals surface area (Å²) < 4.78 is 2.13. The van der Waals surface area contributed by atoms with Crippen molar-refractivity contribution in [2.75, 3.05) is 11.9 Å². The van der Waals surface area contributed by atoms with Crippen molar-refractivity contribution in [2.45, 2.75) is 33.7 Å². The number of fused-ring (bicyclic) bond motifs is 1. The number of rotatable bonds is 6. The Labute approximate surface area is 182 Å². The van der Waals surface area contributed by atoms with Gasteiger partial charge >= 0.3 is 6.03 Å². The van der Waals surface area contributed by atoms with Crippen LogP contribution in [0.2, 0.25) is 0 Å². The van der Waals surface area contributed by atoms with Crippen LogP contribution in [0.25, 0.3) is 11.2 Å². The molecule has 4 aromatic rings. The molecule has 0 radical (unpaired) electrons. The Hall–Kier alpha value is -3.67. The third-order valence-corrected chi connectivity index (χ3v) is 5.31. The van der Waals surface area contributed by atoms with E-state index in [1.807, 2.05) is 38.1 Å². The number of imidazole rings is 1. The number of nitrogens with zero attached hydrogens (tertiary/aromatic N) is 3. The molecule has 0 unspecified atom stereocenters. The van der Waals surface area contributed by atoms with Crippen molar-refractivity contribution < 1.29 is 4.79 Å². The number of carbonyl (C=O) groups excluding carboxylic acids is 1. The maximum Gasteiger partial charge on any atom is 0.319 e. The van der Waals surface area contributed by atoms with E-state index in [9.17, 15) is 4.79 Å². The molecule has 0 spiro atoms. The highest BCUT2D eigenvalue weighted by atomic mass is 16.2. The zero-order chi connectivity index (χ0) is 21.8. The molecule has 0 aliphatic carbocycles. The van der Waals surface area contributed by atoms with Gasteiger partial charge in [0.25, 0.3) is 0 Å². The Morgan fingerprint density at radius 1 is 1.00 bits per heavy atom. The monoisotopic (exact) mass is 413 g/mol. The molecule has 2 amide bonds. The van der Waals surface area contributed by atoms with Crippen LogP contribution in [0.5, 0.6) is 0 Å². The largest absolute Gasteiger partial charge is 0.337 e. The van der Waals surface area contributed by atoms with Crippen LogP contribution in [0.3, 0.4) is 0 Å². The van der Waals surface area contributed by atoms with Crippen LogP contribution in [0.1, 0.15) is 28.1 Å². The van der Waals surface area contributed by atoms with E-state index < -0.39 is 0 Å². The summed E-state index contributed by atoms with van der Waals surface area (Å²) in [7, 11) is 0. The maximum absolute atomic E-state index is 12.4. The molecule has 0 saturated carbocycles. The molecule has 0 saturated heterocycles. The van der Waals surface area contributed by atoms with Gasteiger partial charge in [-0.05, 0) is 50.1 Å². The van der Waals surface area contributed by atoms with Crippen LogP contribution < -0.4 is 10.6 Å². The zero-order valence-corrected chi connectivity index (χ0v) is 18.1. The summed E-state index contributed by atoms with van der Waals surface area (Å²) in [6.45, 7) is 7.28. The van der Waals surface area contributed by atoms with E-state index in [1.54, 1.807) is 6.20 Å². The fraction of sp³-hybridized carbons (Fsp3) is 0.240. The van der Waals surface area contributed by atoms with E-state index in [2.05, 4.69) is 57.4 Å². The number of benzene rings is 2. The average Bonchev–Trinajstić information content (AvgIpc) is 3.09. The van der Waals surface area contributed by atoms with Crippen molar-refractivity contribution >= 4 is 22.9 Å². The molecule has 6 nitrogen and oxygen atoms in total. The second kappa shape index (κ2) is 9.00. The minimum Gasteiger partial charge on any atom is -0.337 e. The predicted octanol–water partition coefficient (Wildman–Crippen LogP) is 4.77. The normalized spacial score (nSPS) is 10.9. The smallest absolute Gasteiger partial charge is 0.319 e. The van der Waals surface area contributed by atoms with Gasteiger partial charge in [0, 0.05) is 24.8 Å².